The second-order valence-electron chi connectivity index (χ2n) is 4.14. The minimum atomic E-state index is -0.796. The Morgan fingerprint density at radius 3 is 2.00 bits per heavy atom. The molecule has 1 rings (SSSR count). The molecule has 0 aliphatic heterocycles. The van der Waals surface area contributed by atoms with Crippen molar-refractivity contribution in [3.63, 3.8) is 0 Å². The molecular weight excluding hydrogens is 184 g/mol. The predicted octanol–water partition coefficient (Wildman–Crippen LogP) is 4.17. The van der Waals surface area contributed by atoms with Crippen molar-refractivity contribution < 1.29 is 5.11 Å². The second-order valence-corrected chi connectivity index (χ2v) is 4.14. The Bertz CT molecular complexity index is 275. The molecule has 0 saturated heterocycles. The number of hydrogen-bond donors (Lipinski definition) is 0. The highest BCUT2D eigenvalue weighted by atomic mass is 16.3. The zero-order valence-corrected chi connectivity index (χ0v) is 9.99. The average Bonchev–Trinajstić information content (AvgIpc) is 2.31. The van der Waals surface area contributed by atoms with Crippen molar-refractivity contribution in [1.82, 2.24) is 0 Å². The normalized spacial score (nSPS) is 13.9. The summed E-state index contributed by atoms with van der Waals surface area (Å²) >= 11 is 0. The molecule has 1 aromatic carbocycles. The Hall–Kier alpha value is -0.820. The Balaban J connectivity index is 2.98. The van der Waals surface area contributed by atoms with Crippen molar-refractivity contribution in [2.75, 3.05) is 0 Å². The predicted molar refractivity (Wildman–Crippen MR) is 63.5 cm³/mol. The Labute approximate surface area is 93.1 Å². The SMILES string of the molecule is CCC(c1ccccc1)C([O])(CC)CC. The molecule has 1 nitrogen and oxygen atoms in total. The van der Waals surface area contributed by atoms with E-state index >= 15 is 0 Å². The molecule has 1 radical (unpaired) electrons. The summed E-state index contributed by atoms with van der Waals surface area (Å²) in [7, 11) is 0. The summed E-state index contributed by atoms with van der Waals surface area (Å²) in [6.07, 6.45) is 2.34. The molecule has 0 aromatic heterocycles. The minimum Gasteiger partial charge on any atom is -0.229 e. The summed E-state index contributed by atoms with van der Waals surface area (Å²) in [4.78, 5) is 0. The lowest BCUT2D eigenvalue weighted by molar-refractivity contribution is -0.0603. The molecule has 1 atom stereocenters. The van der Waals surface area contributed by atoms with Crippen molar-refractivity contribution in [3.8, 4) is 0 Å². The van der Waals surface area contributed by atoms with Gasteiger partial charge in [-0.1, -0.05) is 51.1 Å². The third kappa shape index (κ3) is 2.60. The van der Waals surface area contributed by atoms with Crippen LogP contribution in [0.15, 0.2) is 30.3 Å². The van der Waals surface area contributed by atoms with Crippen LogP contribution in [0.5, 0.6) is 0 Å². The highest BCUT2D eigenvalue weighted by Gasteiger charge is 2.34. The molecule has 0 saturated carbocycles. The first kappa shape index (κ1) is 12.3. The first-order valence-electron chi connectivity index (χ1n) is 5.93. The largest absolute Gasteiger partial charge is 0.229 e. The van der Waals surface area contributed by atoms with E-state index < -0.39 is 5.60 Å². The van der Waals surface area contributed by atoms with Gasteiger partial charge in [-0.3, -0.25) is 0 Å². The zero-order chi connectivity index (χ0) is 11.3. The Morgan fingerprint density at radius 2 is 1.60 bits per heavy atom. The highest BCUT2D eigenvalue weighted by molar-refractivity contribution is 5.22. The van der Waals surface area contributed by atoms with Crippen LogP contribution >= 0.6 is 0 Å². The molecule has 0 N–H and O–H groups in total. The zero-order valence-electron chi connectivity index (χ0n) is 9.99. The van der Waals surface area contributed by atoms with Crippen LogP contribution in [-0.4, -0.2) is 5.60 Å². The third-order valence-electron chi connectivity index (χ3n) is 3.44. The summed E-state index contributed by atoms with van der Waals surface area (Å²) in [5.74, 6) is 0.147. The van der Waals surface area contributed by atoms with E-state index in [1.165, 1.54) is 5.56 Å². The maximum absolute atomic E-state index is 12.6. The third-order valence-corrected chi connectivity index (χ3v) is 3.44. The topological polar surface area (TPSA) is 19.9 Å². The van der Waals surface area contributed by atoms with Gasteiger partial charge in [-0.2, -0.15) is 0 Å². The van der Waals surface area contributed by atoms with E-state index in [1.807, 2.05) is 32.0 Å². The quantitative estimate of drug-likeness (QED) is 0.687. The van der Waals surface area contributed by atoms with Gasteiger partial charge in [0.25, 0.3) is 0 Å². The van der Waals surface area contributed by atoms with Gasteiger partial charge in [0.2, 0.25) is 0 Å². The summed E-state index contributed by atoms with van der Waals surface area (Å²) in [5.41, 5.74) is 0.398. The molecule has 0 fully saturated rings. The van der Waals surface area contributed by atoms with Gasteiger partial charge in [-0.25, -0.2) is 5.11 Å². The molecule has 0 spiro atoms. The summed E-state index contributed by atoms with van der Waals surface area (Å²) in [6, 6.07) is 10.2. The monoisotopic (exact) mass is 205 g/mol. The molecule has 15 heavy (non-hydrogen) atoms. The fourth-order valence-corrected chi connectivity index (χ4v) is 2.34. The molecule has 1 aromatic rings. The summed E-state index contributed by atoms with van der Waals surface area (Å²) in [6.45, 7) is 6.11. The maximum atomic E-state index is 12.6. The fraction of sp³-hybridized carbons (Fsp3) is 0.571. The van der Waals surface area contributed by atoms with Gasteiger partial charge in [-0.15, -0.1) is 0 Å². The van der Waals surface area contributed by atoms with Crippen molar-refractivity contribution in [3.05, 3.63) is 35.9 Å². The van der Waals surface area contributed by atoms with E-state index in [2.05, 4.69) is 19.1 Å². The van der Waals surface area contributed by atoms with Crippen LogP contribution in [0.4, 0.5) is 0 Å². The van der Waals surface area contributed by atoms with Crippen molar-refractivity contribution in [2.24, 2.45) is 0 Å². The lowest BCUT2D eigenvalue weighted by atomic mass is 9.77. The van der Waals surface area contributed by atoms with Crippen LogP contribution < -0.4 is 0 Å². The number of rotatable bonds is 5. The van der Waals surface area contributed by atoms with E-state index in [-0.39, 0.29) is 5.92 Å². The van der Waals surface area contributed by atoms with Crippen molar-refractivity contribution in [1.29, 1.82) is 0 Å². The van der Waals surface area contributed by atoms with Crippen LogP contribution in [0.25, 0.3) is 0 Å². The molecule has 0 amide bonds. The fourth-order valence-electron chi connectivity index (χ4n) is 2.34. The summed E-state index contributed by atoms with van der Waals surface area (Å²) in [5, 5.41) is 12.6. The van der Waals surface area contributed by atoms with Gasteiger partial charge in [0, 0.05) is 5.92 Å². The molecule has 1 unspecified atom stereocenters. The van der Waals surface area contributed by atoms with Crippen LogP contribution in [0.3, 0.4) is 0 Å². The average molecular weight is 205 g/mol. The first-order chi connectivity index (χ1) is 7.18. The molecule has 1 heteroatoms. The Morgan fingerprint density at radius 1 is 1.07 bits per heavy atom. The van der Waals surface area contributed by atoms with Crippen LogP contribution in [-0.2, 0) is 5.11 Å². The van der Waals surface area contributed by atoms with Crippen LogP contribution in [0.1, 0.15) is 51.5 Å². The molecule has 0 heterocycles. The minimum absolute atomic E-state index is 0.147. The lowest BCUT2D eigenvalue weighted by Crippen LogP contribution is -2.33. The first-order valence-corrected chi connectivity index (χ1v) is 5.93. The van der Waals surface area contributed by atoms with Crippen LogP contribution in [0.2, 0.25) is 0 Å². The van der Waals surface area contributed by atoms with Gasteiger partial charge >= 0.3 is 0 Å². The molecule has 0 bridgehead atoms. The van der Waals surface area contributed by atoms with Gasteiger partial charge in [0.15, 0.2) is 0 Å². The van der Waals surface area contributed by atoms with Gasteiger partial charge in [0.05, 0.1) is 0 Å². The smallest absolute Gasteiger partial charge is 0.110 e. The van der Waals surface area contributed by atoms with Crippen molar-refractivity contribution >= 4 is 0 Å². The van der Waals surface area contributed by atoms with Crippen molar-refractivity contribution in [2.45, 2.75) is 51.6 Å². The second kappa shape index (κ2) is 5.32. The van der Waals surface area contributed by atoms with E-state index in [1.54, 1.807) is 0 Å². The lowest BCUT2D eigenvalue weighted by Gasteiger charge is -2.32. The molecule has 83 valence electrons. The standard InChI is InChI=1S/C14H21O/c1-4-13(14(15,5-2)6-3)12-10-8-7-9-11-12/h7-11,13H,4-6H2,1-3H3. The Kier molecular flexibility index (Phi) is 4.34. The number of hydrogen-bond acceptors (Lipinski definition) is 0. The molecule has 0 aliphatic carbocycles. The molecular formula is C14H21O. The van der Waals surface area contributed by atoms with E-state index in [0.717, 1.165) is 6.42 Å². The van der Waals surface area contributed by atoms with E-state index in [0.29, 0.717) is 12.8 Å². The van der Waals surface area contributed by atoms with Gasteiger partial charge in [-0.05, 0) is 24.8 Å². The van der Waals surface area contributed by atoms with E-state index in [4.69, 9.17) is 0 Å². The van der Waals surface area contributed by atoms with Crippen LogP contribution in [0, 0.1) is 0 Å². The van der Waals surface area contributed by atoms with Gasteiger partial charge < -0.3 is 0 Å². The van der Waals surface area contributed by atoms with Gasteiger partial charge in [0.1, 0.15) is 5.60 Å². The molecule has 0 aliphatic rings. The number of benzene rings is 1. The highest BCUT2D eigenvalue weighted by Crippen LogP contribution is 2.36. The summed E-state index contributed by atoms with van der Waals surface area (Å²) < 4.78 is 0. The van der Waals surface area contributed by atoms with E-state index in [9.17, 15) is 5.11 Å². The maximum Gasteiger partial charge on any atom is 0.110 e.